The molecule has 4 heteroatoms. The number of imidazole rings is 1. The first-order valence-corrected chi connectivity index (χ1v) is 9.62. The van der Waals surface area contributed by atoms with Gasteiger partial charge in [-0.05, 0) is 16.7 Å². The van der Waals surface area contributed by atoms with Crippen LogP contribution in [0, 0.1) is 0 Å². The molecule has 144 valence electrons. The Morgan fingerprint density at radius 1 is 0.793 bits per heavy atom. The van der Waals surface area contributed by atoms with E-state index in [0.717, 1.165) is 16.7 Å². The predicted octanol–water partition coefficient (Wildman–Crippen LogP) is 4.29. The van der Waals surface area contributed by atoms with Crippen LogP contribution in [-0.4, -0.2) is 27.0 Å². The van der Waals surface area contributed by atoms with Crippen molar-refractivity contribution in [3.05, 3.63) is 126 Å². The van der Waals surface area contributed by atoms with Gasteiger partial charge in [-0.25, -0.2) is 4.98 Å². The van der Waals surface area contributed by atoms with E-state index in [2.05, 4.69) is 41.4 Å². The van der Waals surface area contributed by atoms with E-state index in [-0.39, 0.29) is 18.8 Å². The van der Waals surface area contributed by atoms with Crippen LogP contribution in [0.1, 0.15) is 33.6 Å². The van der Waals surface area contributed by atoms with E-state index in [9.17, 15) is 4.79 Å². The van der Waals surface area contributed by atoms with Crippen LogP contribution in [0.2, 0.25) is 0 Å². The van der Waals surface area contributed by atoms with Crippen molar-refractivity contribution in [1.82, 2.24) is 9.55 Å². The fraction of sp³-hybridized carbons (Fsp3) is 0.120. The maximum absolute atomic E-state index is 12.4. The van der Waals surface area contributed by atoms with Crippen molar-refractivity contribution in [2.24, 2.45) is 0 Å². The number of hydrogen-bond donors (Lipinski definition) is 1. The largest absolute Gasteiger partial charge is 0.396 e. The molecule has 1 aromatic heterocycles. The molecule has 0 radical (unpaired) electrons. The Labute approximate surface area is 170 Å². The minimum atomic E-state index is -0.686. The van der Waals surface area contributed by atoms with Crippen LogP contribution in [0.5, 0.6) is 0 Å². The molecule has 0 aliphatic heterocycles. The van der Waals surface area contributed by atoms with Crippen LogP contribution in [0.3, 0.4) is 0 Å². The third-order valence-electron chi connectivity index (χ3n) is 5.17. The minimum Gasteiger partial charge on any atom is -0.396 e. The molecule has 29 heavy (non-hydrogen) atoms. The lowest BCUT2D eigenvalue weighted by molar-refractivity contribution is 0.0952. The Bertz CT molecular complexity index is 977. The highest BCUT2D eigenvalue weighted by molar-refractivity contribution is 5.94. The van der Waals surface area contributed by atoms with E-state index < -0.39 is 5.54 Å². The Hall–Kier alpha value is -3.50. The van der Waals surface area contributed by atoms with Gasteiger partial charge in [0.05, 0.1) is 12.9 Å². The van der Waals surface area contributed by atoms with Gasteiger partial charge in [-0.1, -0.05) is 91.0 Å². The molecule has 0 spiro atoms. The van der Waals surface area contributed by atoms with Crippen molar-refractivity contribution in [2.45, 2.75) is 12.0 Å². The first-order chi connectivity index (χ1) is 14.3. The van der Waals surface area contributed by atoms with Crippen LogP contribution >= 0.6 is 0 Å². The number of rotatable bonds is 7. The van der Waals surface area contributed by atoms with Gasteiger partial charge in [-0.3, -0.25) is 4.79 Å². The van der Waals surface area contributed by atoms with Crippen LogP contribution in [-0.2, 0) is 5.54 Å². The third-order valence-corrected chi connectivity index (χ3v) is 5.17. The van der Waals surface area contributed by atoms with Crippen molar-refractivity contribution in [3.8, 4) is 0 Å². The quantitative estimate of drug-likeness (QED) is 0.383. The van der Waals surface area contributed by atoms with Crippen molar-refractivity contribution < 1.29 is 9.90 Å². The Morgan fingerprint density at radius 2 is 1.24 bits per heavy atom. The molecule has 0 bridgehead atoms. The Balaban J connectivity index is 2.03. The second kappa shape index (κ2) is 8.25. The zero-order valence-electron chi connectivity index (χ0n) is 16.0. The van der Waals surface area contributed by atoms with E-state index in [1.165, 1.54) is 0 Å². The molecule has 0 aliphatic carbocycles. The molecule has 0 amide bonds. The molecule has 4 aromatic rings. The lowest BCUT2D eigenvalue weighted by Gasteiger charge is -2.37. The lowest BCUT2D eigenvalue weighted by atomic mass is 9.77. The molecule has 0 saturated carbocycles. The summed E-state index contributed by atoms with van der Waals surface area (Å²) in [4.78, 5) is 16.7. The number of hydrogen-bond acceptors (Lipinski definition) is 3. The minimum absolute atomic E-state index is 0.0615. The maximum Gasteiger partial charge on any atom is 0.185 e. The van der Waals surface area contributed by atoms with Gasteiger partial charge in [0.15, 0.2) is 5.78 Å². The number of carbonyl (C=O) groups is 1. The number of aliphatic hydroxyl groups excluding tert-OH is 1. The second-order valence-corrected chi connectivity index (χ2v) is 6.87. The fourth-order valence-corrected chi connectivity index (χ4v) is 3.87. The molecule has 0 fully saturated rings. The molecule has 0 saturated heterocycles. The van der Waals surface area contributed by atoms with Crippen molar-refractivity contribution in [2.75, 3.05) is 6.61 Å². The predicted molar refractivity (Wildman–Crippen MR) is 113 cm³/mol. The van der Waals surface area contributed by atoms with E-state index in [1.54, 1.807) is 12.5 Å². The summed E-state index contributed by atoms with van der Waals surface area (Å²) in [5, 5.41) is 9.14. The van der Waals surface area contributed by atoms with Crippen LogP contribution in [0.4, 0.5) is 0 Å². The lowest BCUT2D eigenvalue weighted by Crippen LogP contribution is -2.37. The van der Waals surface area contributed by atoms with Gasteiger partial charge in [0.2, 0.25) is 0 Å². The summed E-state index contributed by atoms with van der Waals surface area (Å²) in [5.74, 6) is -0.172. The average Bonchev–Trinajstić information content (AvgIpc) is 3.27. The number of ketones is 1. The normalized spacial score (nSPS) is 11.3. The number of benzene rings is 3. The number of nitrogens with zero attached hydrogens (tertiary/aromatic N) is 2. The Morgan fingerprint density at radius 3 is 1.66 bits per heavy atom. The fourth-order valence-electron chi connectivity index (χ4n) is 3.87. The Kier molecular flexibility index (Phi) is 5.36. The molecular formula is C25H22N2O2. The first kappa shape index (κ1) is 18.8. The van der Waals surface area contributed by atoms with E-state index in [0.29, 0.717) is 5.69 Å². The van der Waals surface area contributed by atoms with Crippen LogP contribution in [0.15, 0.2) is 104 Å². The summed E-state index contributed by atoms with van der Waals surface area (Å²) in [6.07, 6.45) is 3.55. The standard InChI is InChI=1S/C25H22N2O2/c28-17-16-24(29)23-18-27(19-26-23)25(20-10-4-1-5-11-20,21-12-6-2-7-13-21)22-14-8-3-9-15-22/h1-15,18-19,28H,16-17H2. The monoisotopic (exact) mass is 382 g/mol. The number of carbonyl (C=O) groups excluding carboxylic acids is 1. The molecular weight excluding hydrogens is 360 g/mol. The van der Waals surface area contributed by atoms with E-state index >= 15 is 0 Å². The van der Waals surface area contributed by atoms with E-state index in [1.807, 2.05) is 59.2 Å². The third kappa shape index (κ3) is 3.39. The number of Topliss-reactive ketones (excluding diaryl/α,β-unsaturated/α-hetero) is 1. The average molecular weight is 382 g/mol. The highest BCUT2D eigenvalue weighted by atomic mass is 16.3. The van der Waals surface area contributed by atoms with Gasteiger partial charge in [0.25, 0.3) is 0 Å². The number of aliphatic hydroxyl groups is 1. The molecule has 4 nitrogen and oxygen atoms in total. The zero-order valence-corrected chi connectivity index (χ0v) is 16.0. The molecule has 0 unspecified atom stereocenters. The summed E-state index contributed by atoms with van der Waals surface area (Å²) in [6.45, 7) is -0.188. The smallest absolute Gasteiger partial charge is 0.185 e. The highest BCUT2D eigenvalue weighted by Crippen LogP contribution is 2.40. The zero-order chi connectivity index (χ0) is 20.1. The van der Waals surface area contributed by atoms with E-state index in [4.69, 9.17) is 5.11 Å². The van der Waals surface area contributed by atoms with Crippen molar-refractivity contribution in [1.29, 1.82) is 0 Å². The molecule has 3 aromatic carbocycles. The molecule has 0 atom stereocenters. The van der Waals surface area contributed by atoms with Gasteiger partial charge in [0.1, 0.15) is 11.2 Å². The molecule has 0 aliphatic rings. The van der Waals surface area contributed by atoms with Crippen molar-refractivity contribution >= 4 is 5.78 Å². The first-order valence-electron chi connectivity index (χ1n) is 9.62. The van der Waals surface area contributed by atoms with Gasteiger partial charge in [0, 0.05) is 12.6 Å². The number of aromatic nitrogens is 2. The maximum atomic E-state index is 12.4. The van der Waals surface area contributed by atoms with Gasteiger partial charge >= 0.3 is 0 Å². The topological polar surface area (TPSA) is 55.1 Å². The summed E-state index contributed by atoms with van der Waals surface area (Å²) in [6, 6.07) is 30.6. The summed E-state index contributed by atoms with van der Waals surface area (Å²) in [5.41, 5.74) is 2.86. The van der Waals surface area contributed by atoms with Gasteiger partial charge in [-0.2, -0.15) is 0 Å². The SMILES string of the molecule is O=C(CCO)c1cn(C(c2ccccc2)(c2ccccc2)c2ccccc2)cn1. The summed E-state index contributed by atoms with van der Waals surface area (Å²) < 4.78 is 2.00. The van der Waals surface area contributed by atoms with Gasteiger partial charge in [-0.15, -0.1) is 0 Å². The second-order valence-electron chi connectivity index (χ2n) is 6.87. The molecule has 1 heterocycles. The highest BCUT2D eigenvalue weighted by Gasteiger charge is 2.38. The summed E-state index contributed by atoms with van der Waals surface area (Å²) >= 11 is 0. The van der Waals surface area contributed by atoms with Crippen molar-refractivity contribution in [3.63, 3.8) is 0 Å². The van der Waals surface area contributed by atoms with Crippen LogP contribution in [0.25, 0.3) is 0 Å². The summed E-state index contributed by atoms with van der Waals surface area (Å²) in [7, 11) is 0. The van der Waals surface area contributed by atoms with Crippen LogP contribution < -0.4 is 0 Å². The molecule has 1 N–H and O–H groups in total. The molecule has 4 rings (SSSR count). The van der Waals surface area contributed by atoms with Gasteiger partial charge < -0.3 is 9.67 Å².